The molecule has 1 saturated heterocycles. The zero-order chi connectivity index (χ0) is 16.8. The van der Waals surface area contributed by atoms with Crippen molar-refractivity contribution in [1.82, 2.24) is 10.0 Å². The Balaban J connectivity index is 1.84. The molecule has 1 N–H and O–H groups in total. The van der Waals surface area contributed by atoms with Gasteiger partial charge >= 0.3 is 0 Å². The second-order valence-electron chi connectivity index (χ2n) is 6.69. The summed E-state index contributed by atoms with van der Waals surface area (Å²) in [5.41, 5.74) is 1.75. The highest BCUT2D eigenvalue weighted by atomic mass is 16.3. The van der Waals surface area contributed by atoms with Crippen LogP contribution in [0.25, 0.3) is 0 Å². The normalized spacial score (nSPS) is 28.8. The van der Waals surface area contributed by atoms with Crippen LogP contribution >= 0.6 is 0 Å². The average molecular weight is 314 g/mol. The number of hydrogen-bond acceptors (Lipinski definition) is 4. The highest BCUT2D eigenvalue weighted by molar-refractivity contribution is 6.21. The summed E-state index contributed by atoms with van der Waals surface area (Å²) in [5.74, 6) is -0.593. The van der Waals surface area contributed by atoms with Crippen LogP contribution in [0.5, 0.6) is 0 Å². The Labute approximate surface area is 136 Å². The third-order valence-corrected chi connectivity index (χ3v) is 4.83. The second-order valence-corrected chi connectivity index (χ2v) is 6.69. The molecule has 5 nitrogen and oxygen atoms in total. The minimum Gasteiger partial charge on any atom is -0.395 e. The Bertz CT molecular complexity index is 658. The number of amides is 2. The van der Waals surface area contributed by atoms with Gasteiger partial charge < -0.3 is 5.11 Å². The summed E-state index contributed by atoms with van der Waals surface area (Å²) >= 11 is 0. The number of rotatable bonds is 5. The average Bonchev–Trinajstić information content (AvgIpc) is 3.01. The van der Waals surface area contributed by atoms with Crippen molar-refractivity contribution in [2.24, 2.45) is 0 Å². The first kappa shape index (κ1) is 15.9. The van der Waals surface area contributed by atoms with Crippen LogP contribution in [0.4, 0.5) is 0 Å². The molecule has 23 heavy (non-hydrogen) atoms. The van der Waals surface area contributed by atoms with Gasteiger partial charge in [-0.3, -0.25) is 9.59 Å². The Morgan fingerprint density at radius 1 is 1.22 bits per heavy atom. The molecular formula is C18H22N2O3. The first-order valence-electron chi connectivity index (χ1n) is 7.93. The van der Waals surface area contributed by atoms with Crippen molar-refractivity contribution in [2.45, 2.75) is 45.2 Å². The molecule has 0 aromatic heterocycles. The van der Waals surface area contributed by atoms with Crippen LogP contribution in [0.3, 0.4) is 0 Å². The highest BCUT2D eigenvalue weighted by Gasteiger charge is 2.64. The maximum atomic E-state index is 12.6. The molecule has 2 aliphatic rings. The summed E-state index contributed by atoms with van der Waals surface area (Å²) in [4.78, 5) is 25.2. The number of hydrogen-bond donors (Lipinski definition) is 1. The van der Waals surface area contributed by atoms with Gasteiger partial charge in [-0.25, -0.2) is 5.01 Å². The van der Waals surface area contributed by atoms with Crippen LogP contribution in [-0.2, 0) is 0 Å². The summed E-state index contributed by atoms with van der Waals surface area (Å²) in [6.45, 7) is 6.01. The predicted octanol–water partition coefficient (Wildman–Crippen LogP) is 2.38. The summed E-state index contributed by atoms with van der Waals surface area (Å²) in [6, 6.07) is 6.66. The zero-order valence-corrected chi connectivity index (χ0v) is 13.7. The van der Waals surface area contributed by atoms with Crippen molar-refractivity contribution < 1.29 is 14.7 Å². The van der Waals surface area contributed by atoms with Gasteiger partial charge in [0.25, 0.3) is 11.8 Å². The molecule has 0 aliphatic carbocycles. The second kappa shape index (κ2) is 5.58. The van der Waals surface area contributed by atoms with Gasteiger partial charge in [-0.05, 0) is 45.7 Å². The number of aliphatic hydroxyl groups is 1. The van der Waals surface area contributed by atoms with E-state index < -0.39 is 0 Å². The molecule has 5 heteroatoms. The van der Waals surface area contributed by atoms with Crippen molar-refractivity contribution in [2.75, 3.05) is 6.61 Å². The van der Waals surface area contributed by atoms with Crippen LogP contribution < -0.4 is 0 Å². The molecule has 1 aromatic rings. The lowest BCUT2D eigenvalue weighted by Gasteiger charge is -2.19. The lowest BCUT2D eigenvalue weighted by Crippen LogP contribution is -2.39. The number of aliphatic hydroxyl groups excluding tert-OH is 1. The number of fused-ring (bicyclic) bond motifs is 1. The number of imide groups is 1. The first-order valence-corrected chi connectivity index (χ1v) is 7.93. The van der Waals surface area contributed by atoms with E-state index in [0.29, 0.717) is 11.1 Å². The SMILES string of the molecule is CC(C)=CCCC1(C)C(CO)N1N1C(=O)c2ccccc2C1=O. The minimum absolute atomic E-state index is 0.0707. The molecular weight excluding hydrogens is 292 g/mol. The molecule has 3 atom stereocenters. The number of benzene rings is 1. The molecule has 3 unspecified atom stereocenters. The summed E-state index contributed by atoms with van der Waals surface area (Å²) in [6.07, 6.45) is 3.78. The molecule has 3 rings (SSSR count). The number of nitrogens with zero attached hydrogens (tertiary/aromatic N) is 2. The third kappa shape index (κ3) is 2.40. The lowest BCUT2D eigenvalue weighted by molar-refractivity contribution is 0.0279. The first-order chi connectivity index (χ1) is 10.9. The quantitative estimate of drug-likeness (QED) is 0.515. The Hall–Kier alpha value is -1.98. The maximum absolute atomic E-state index is 12.6. The van der Waals surface area contributed by atoms with E-state index in [1.807, 2.05) is 20.8 Å². The molecule has 2 heterocycles. The van der Waals surface area contributed by atoms with Gasteiger partial charge in [0.2, 0.25) is 0 Å². The summed E-state index contributed by atoms with van der Waals surface area (Å²) < 4.78 is 0. The smallest absolute Gasteiger partial charge is 0.276 e. The van der Waals surface area contributed by atoms with E-state index in [9.17, 15) is 14.7 Å². The Morgan fingerprint density at radius 2 is 1.78 bits per heavy atom. The molecule has 1 fully saturated rings. The topological polar surface area (TPSA) is 60.6 Å². The van der Waals surface area contributed by atoms with Crippen molar-refractivity contribution >= 4 is 11.8 Å². The monoisotopic (exact) mass is 314 g/mol. The van der Waals surface area contributed by atoms with E-state index in [2.05, 4.69) is 6.08 Å². The van der Waals surface area contributed by atoms with Crippen LogP contribution in [0, 0.1) is 0 Å². The fourth-order valence-electron chi connectivity index (χ4n) is 3.43. The van der Waals surface area contributed by atoms with E-state index in [1.165, 1.54) is 10.6 Å². The number of allylic oxidation sites excluding steroid dienone is 2. The number of carbonyl (C=O) groups excluding carboxylic acids is 2. The molecule has 0 spiro atoms. The van der Waals surface area contributed by atoms with Crippen LogP contribution in [0.1, 0.15) is 54.3 Å². The van der Waals surface area contributed by atoms with Gasteiger partial charge in [0.15, 0.2) is 0 Å². The maximum Gasteiger partial charge on any atom is 0.276 e. The van der Waals surface area contributed by atoms with Gasteiger partial charge in [-0.2, -0.15) is 5.01 Å². The molecule has 0 radical (unpaired) electrons. The van der Waals surface area contributed by atoms with Crippen molar-refractivity contribution in [1.29, 1.82) is 0 Å². The summed E-state index contributed by atoms with van der Waals surface area (Å²) in [5, 5.41) is 12.6. The highest BCUT2D eigenvalue weighted by Crippen LogP contribution is 2.47. The molecule has 2 aliphatic heterocycles. The minimum atomic E-state index is -0.367. The van der Waals surface area contributed by atoms with Gasteiger partial charge in [0.05, 0.1) is 29.3 Å². The standard InChI is InChI=1S/C18H22N2O3/c1-12(2)7-6-10-18(3)15(11-21)20(18)19-16(22)13-8-4-5-9-14(13)17(19)23/h4-5,7-9,15,21H,6,10-11H2,1-3H3. The van der Waals surface area contributed by atoms with Gasteiger partial charge in [-0.1, -0.05) is 23.8 Å². The third-order valence-electron chi connectivity index (χ3n) is 4.83. The molecule has 0 bridgehead atoms. The van der Waals surface area contributed by atoms with Crippen LogP contribution in [0.15, 0.2) is 35.9 Å². The molecule has 2 amide bonds. The Kier molecular flexibility index (Phi) is 3.86. The van der Waals surface area contributed by atoms with Crippen molar-refractivity contribution in [3.63, 3.8) is 0 Å². The predicted molar refractivity (Wildman–Crippen MR) is 86.7 cm³/mol. The molecule has 1 aromatic carbocycles. The van der Waals surface area contributed by atoms with Crippen molar-refractivity contribution in [3.8, 4) is 0 Å². The molecule has 122 valence electrons. The number of carbonyl (C=O) groups is 2. The largest absolute Gasteiger partial charge is 0.395 e. The van der Waals surface area contributed by atoms with E-state index >= 15 is 0 Å². The zero-order valence-electron chi connectivity index (χ0n) is 13.7. The lowest BCUT2D eigenvalue weighted by atomic mass is 10.0. The summed E-state index contributed by atoms with van der Waals surface area (Å²) in [7, 11) is 0. The Morgan fingerprint density at radius 3 is 2.26 bits per heavy atom. The van der Waals surface area contributed by atoms with E-state index in [-0.39, 0.29) is 30.0 Å². The number of hydrazine groups is 1. The van der Waals surface area contributed by atoms with Crippen molar-refractivity contribution in [3.05, 3.63) is 47.0 Å². The molecule has 0 saturated carbocycles. The fraction of sp³-hybridized carbons (Fsp3) is 0.444. The van der Waals surface area contributed by atoms with E-state index in [1.54, 1.807) is 29.3 Å². The van der Waals surface area contributed by atoms with E-state index in [4.69, 9.17) is 0 Å². The fourth-order valence-corrected chi connectivity index (χ4v) is 3.43. The van der Waals surface area contributed by atoms with Gasteiger partial charge in [-0.15, -0.1) is 0 Å². The van der Waals surface area contributed by atoms with Gasteiger partial charge in [0, 0.05) is 0 Å². The van der Waals surface area contributed by atoms with Gasteiger partial charge in [0.1, 0.15) is 0 Å². The van der Waals surface area contributed by atoms with E-state index in [0.717, 1.165) is 12.8 Å². The van der Waals surface area contributed by atoms with Crippen LogP contribution in [0.2, 0.25) is 0 Å². The van der Waals surface area contributed by atoms with Crippen LogP contribution in [-0.4, -0.2) is 45.1 Å².